The minimum absolute atomic E-state index is 0. The quantitative estimate of drug-likeness (QED) is 0.215. The van der Waals surface area contributed by atoms with Gasteiger partial charge in [-0.05, 0) is 50.5 Å². The molecule has 1 aliphatic rings. The van der Waals surface area contributed by atoms with E-state index in [0.717, 1.165) is 51.7 Å². The molecule has 2 amide bonds. The monoisotopic (exact) mass is 598 g/mol. The van der Waals surface area contributed by atoms with Crippen LogP contribution in [0.2, 0.25) is 0 Å². The van der Waals surface area contributed by atoms with Gasteiger partial charge in [0.1, 0.15) is 11.9 Å². The smallest absolute Gasteiger partial charge is 0.245 e. The number of benzene rings is 3. The number of fused-ring (bicyclic) bond motifs is 2. The summed E-state index contributed by atoms with van der Waals surface area (Å²) in [5.74, 6) is 0.684. The highest BCUT2D eigenvalue weighted by Gasteiger charge is 2.32. The molecule has 8 nitrogen and oxygen atoms in total. The highest BCUT2D eigenvalue weighted by molar-refractivity contribution is 5.90. The van der Waals surface area contributed by atoms with Crippen LogP contribution in [0, 0.1) is 0 Å². The summed E-state index contributed by atoms with van der Waals surface area (Å²) >= 11 is 0. The summed E-state index contributed by atoms with van der Waals surface area (Å²) in [7, 11) is 0. The predicted octanol–water partition coefficient (Wildman–Crippen LogP) is 5.62. The molecule has 3 aromatic carbocycles. The third-order valence-electron chi connectivity index (χ3n) is 8.12. The van der Waals surface area contributed by atoms with Gasteiger partial charge in [-0.2, -0.15) is 0 Å². The molecule has 6 rings (SSSR count). The lowest BCUT2D eigenvalue weighted by atomic mass is 9.98. The Morgan fingerprint density at radius 1 is 1.00 bits per heavy atom. The standard InChI is InChI=1S/C34H38N6O2.ClH/c1-34(2,35)21-31(41)37-29(20-24-22-36-27-13-7-6-12-26(24)27)33(42)39-18-16-25(17-19-39)40-30-15-9-8-14-28(30)38-32(40)23-10-4-3-5-11-23;/h3-15,22,25,29,36H,16-21,35H2,1-2H3,(H,37,41);1H. The second-order valence-corrected chi connectivity index (χ2v) is 12.1. The Morgan fingerprint density at radius 2 is 1.67 bits per heavy atom. The third-order valence-corrected chi connectivity index (χ3v) is 8.12. The fourth-order valence-corrected chi connectivity index (χ4v) is 6.15. The Balaban J connectivity index is 0.00000368. The van der Waals surface area contributed by atoms with Crippen LogP contribution in [0.5, 0.6) is 0 Å². The molecule has 5 aromatic rings. The number of carbonyl (C=O) groups excluding carboxylic acids is 2. The molecule has 0 radical (unpaired) electrons. The third kappa shape index (κ3) is 6.60. The number of imidazole rings is 1. The molecule has 3 heterocycles. The highest BCUT2D eigenvalue weighted by Crippen LogP contribution is 2.33. The molecule has 224 valence electrons. The van der Waals surface area contributed by atoms with Crippen LogP contribution in [0.1, 0.15) is 44.7 Å². The SMILES string of the molecule is CC(C)(N)CC(=O)NC(Cc1c[nH]c2ccccc12)C(=O)N1CCC(n2c(-c3ccccc3)nc3ccccc32)CC1.Cl. The van der Waals surface area contributed by atoms with Crippen molar-refractivity contribution in [2.24, 2.45) is 5.73 Å². The average Bonchev–Trinajstić information content (AvgIpc) is 3.58. The molecule has 0 bridgehead atoms. The van der Waals surface area contributed by atoms with Crippen LogP contribution in [0.3, 0.4) is 0 Å². The van der Waals surface area contributed by atoms with Crippen molar-refractivity contribution in [2.75, 3.05) is 13.1 Å². The van der Waals surface area contributed by atoms with Gasteiger partial charge in [-0.25, -0.2) is 4.98 Å². The number of nitrogens with two attached hydrogens (primary N) is 1. The number of aromatic nitrogens is 3. The van der Waals surface area contributed by atoms with E-state index in [1.807, 2.05) is 73.5 Å². The summed E-state index contributed by atoms with van der Waals surface area (Å²) in [5.41, 5.74) is 10.6. The second-order valence-electron chi connectivity index (χ2n) is 12.1. The van der Waals surface area contributed by atoms with Crippen LogP contribution in [0.4, 0.5) is 0 Å². The largest absolute Gasteiger partial charge is 0.361 e. The lowest BCUT2D eigenvalue weighted by Crippen LogP contribution is -2.53. The van der Waals surface area contributed by atoms with E-state index >= 15 is 0 Å². The summed E-state index contributed by atoms with van der Waals surface area (Å²) < 4.78 is 2.35. The number of hydrogen-bond donors (Lipinski definition) is 3. The van der Waals surface area contributed by atoms with Gasteiger partial charge < -0.3 is 25.5 Å². The van der Waals surface area contributed by atoms with Crippen molar-refractivity contribution in [1.29, 1.82) is 0 Å². The predicted molar refractivity (Wildman–Crippen MR) is 174 cm³/mol. The number of amides is 2. The van der Waals surface area contributed by atoms with E-state index in [2.05, 4.69) is 45.2 Å². The number of aromatic amines is 1. The number of likely N-dealkylation sites (tertiary alicyclic amines) is 1. The Morgan fingerprint density at radius 3 is 2.42 bits per heavy atom. The van der Waals surface area contributed by atoms with Gasteiger partial charge in [0.25, 0.3) is 0 Å². The molecule has 1 saturated heterocycles. The summed E-state index contributed by atoms with van der Waals surface area (Å²) in [6.07, 6.45) is 4.09. The minimum Gasteiger partial charge on any atom is -0.361 e. The lowest BCUT2D eigenvalue weighted by molar-refractivity contribution is -0.137. The van der Waals surface area contributed by atoms with Gasteiger partial charge in [0, 0.05) is 60.2 Å². The van der Waals surface area contributed by atoms with Crippen molar-refractivity contribution in [3.8, 4) is 11.4 Å². The zero-order valence-corrected chi connectivity index (χ0v) is 25.4. The van der Waals surface area contributed by atoms with Gasteiger partial charge >= 0.3 is 0 Å². The van der Waals surface area contributed by atoms with Crippen LogP contribution in [-0.2, 0) is 16.0 Å². The average molecular weight is 599 g/mol. The topological polar surface area (TPSA) is 109 Å². The summed E-state index contributed by atoms with van der Waals surface area (Å²) in [6, 6.07) is 26.1. The van der Waals surface area contributed by atoms with Crippen molar-refractivity contribution in [3.05, 3.63) is 90.6 Å². The van der Waals surface area contributed by atoms with Crippen molar-refractivity contribution < 1.29 is 9.59 Å². The first-order valence-electron chi connectivity index (χ1n) is 14.7. The van der Waals surface area contributed by atoms with E-state index in [9.17, 15) is 9.59 Å². The van der Waals surface area contributed by atoms with E-state index in [1.54, 1.807) is 0 Å². The molecule has 4 N–H and O–H groups in total. The van der Waals surface area contributed by atoms with Gasteiger partial charge in [-0.15, -0.1) is 12.4 Å². The molecule has 0 spiro atoms. The zero-order chi connectivity index (χ0) is 29.3. The van der Waals surface area contributed by atoms with E-state index in [0.29, 0.717) is 19.5 Å². The molecule has 1 unspecified atom stereocenters. The Hall–Kier alpha value is -4.14. The normalized spacial score (nSPS) is 14.9. The first-order valence-corrected chi connectivity index (χ1v) is 14.7. The number of halogens is 1. The number of para-hydroxylation sites is 3. The molecular weight excluding hydrogens is 560 g/mol. The van der Waals surface area contributed by atoms with Gasteiger partial charge in [-0.1, -0.05) is 60.7 Å². The van der Waals surface area contributed by atoms with Crippen LogP contribution in [0.25, 0.3) is 33.3 Å². The Kier molecular flexibility index (Phi) is 8.89. The molecule has 0 aliphatic carbocycles. The maximum atomic E-state index is 14.0. The highest BCUT2D eigenvalue weighted by atomic mass is 35.5. The number of nitrogens with one attached hydrogen (secondary N) is 2. The van der Waals surface area contributed by atoms with Crippen molar-refractivity contribution in [2.45, 2.75) is 57.2 Å². The van der Waals surface area contributed by atoms with Gasteiger partial charge in [0.15, 0.2) is 0 Å². The van der Waals surface area contributed by atoms with E-state index in [-0.39, 0.29) is 36.7 Å². The van der Waals surface area contributed by atoms with Crippen LogP contribution in [0.15, 0.2) is 85.1 Å². The molecule has 0 saturated carbocycles. The van der Waals surface area contributed by atoms with Crippen molar-refractivity contribution in [3.63, 3.8) is 0 Å². The molecule has 43 heavy (non-hydrogen) atoms. The van der Waals surface area contributed by atoms with E-state index in [4.69, 9.17) is 10.7 Å². The second kappa shape index (κ2) is 12.6. The maximum absolute atomic E-state index is 14.0. The first-order chi connectivity index (χ1) is 20.3. The molecule has 1 fully saturated rings. The van der Waals surface area contributed by atoms with Gasteiger partial charge in [-0.3, -0.25) is 9.59 Å². The molecule has 1 aliphatic heterocycles. The minimum atomic E-state index is -0.676. The van der Waals surface area contributed by atoms with Crippen molar-refractivity contribution >= 4 is 46.2 Å². The maximum Gasteiger partial charge on any atom is 0.245 e. The molecular formula is C34H39ClN6O2. The molecule has 9 heteroatoms. The number of H-pyrrole nitrogens is 1. The summed E-state index contributed by atoms with van der Waals surface area (Å²) in [4.78, 5) is 37.2. The number of nitrogens with zero attached hydrogens (tertiary/aromatic N) is 3. The zero-order valence-electron chi connectivity index (χ0n) is 24.6. The molecule has 1 atom stereocenters. The van der Waals surface area contributed by atoms with E-state index < -0.39 is 11.6 Å². The van der Waals surface area contributed by atoms with Gasteiger partial charge in [0.2, 0.25) is 11.8 Å². The first kappa shape index (κ1) is 30.3. The summed E-state index contributed by atoms with van der Waals surface area (Å²) in [5, 5.41) is 4.09. The van der Waals surface area contributed by atoms with Crippen LogP contribution >= 0.6 is 12.4 Å². The fourth-order valence-electron chi connectivity index (χ4n) is 6.15. The molecule has 2 aromatic heterocycles. The van der Waals surface area contributed by atoms with Crippen LogP contribution < -0.4 is 11.1 Å². The Labute approximate surface area is 258 Å². The van der Waals surface area contributed by atoms with Crippen LogP contribution in [-0.4, -0.2) is 55.9 Å². The lowest BCUT2D eigenvalue weighted by Gasteiger charge is -2.36. The number of carbonyl (C=O) groups is 2. The summed E-state index contributed by atoms with van der Waals surface area (Å²) in [6.45, 7) is 4.84. The Bertz CT molecular complexity index is 1710. The fraction of sp³-hybridized carbons (Fsp3) is 0.324. The number of hydrogen-bond acceptors (Lipinski definition) is 4. The van der Waals surface area contributed by atoms with Crippen molar-refractivity contribution in [1.82, 2.24) is 24.8 Å². The van der Waals surface area contributed by atoms with E-state index in [1.165, 1.54) is 0 Å². The number of piperidine rings is 1. The van der Waals surface area contributed by atoms with Gasteiger partial charge in [0.05, 0.1) is 11.0 Å². The number of rotatable bonds is 8.